The first kappa shape index (κ1) is 13.9. The molecule has 1 aliphatic carbocycles. The minimum atomic E-state index is -0.730. The molecule has 0 N–H and O–H groups in total. The van der Waals surface area contributed by atoms with Crippen LogP contribution in [0.3, 0.4) is 0 Å². The number of hydrogen-bond acceptors (Lipinski definition) is 0. The largest absolute Gasteiger partial charge is 0.247 e. The molecule has 0 aromatic heterocycles. The zero-order chi connectivity index (χ0) is 12.0. The first-order valence-electron chi connectivity index (χ1n) is 6.63. The Morgan fingerprint density at radius 3 is 1.56 bits per heavy atom. The van der Waals surface area contributed by atoms with Gasteiger partial charge in [-0.05, 0) is 50.4 Å². The molecule has 1 saturated carbocycles. The van der Waals surface area contributed by atoms with Crippen molar-refractivity contribution in [1.29, 1.82) is 0 Å². The molecule has 2 radical (unpaired) electrons. The molecule has 0 spiro atoms. The standard InChI is InChI=1S/C14H24F2/c1-3-5-13(15)11-7-9-12(10-8-11)14(16)6-4-2/h7,10-14H,3-6,8-9H2,1-2H3. The van der Waals surface area contributed by atoms with Crippen molar-refractivity contribution in [3.8, 4) is 0 Å². The maximum absolute atomic E-state index is 13.6. The van der Waals surface area contributed by atoms with Crippen molar-refractivity contribution >= 4 is 0 Å². The minimum absolute atomic E-state index is 0.0324. The molecule has 16 heavy (non-hydrogen) atoms. The van der Waals surface area contributed by atoms with Crippen LogP contribution in [0.2, 0.25) is 0 Å². The second-order valence-electron chi connectivity index (χ2n) is 4.88. The summed E-state index contributed by atoms with van der Waals surface area (Å²) < 4.78 is 27.2. The fraction of sp³-hybridized carbons (Fsp3) is 0.857. The predicted octanol–water partition coefficient (Wildman–Crippen LogP) is 4.70. The highest BCUT2D eigenvalue weighted by Gasteiger charge is 2.31. The zero-order valence-corrected chi connectivity index (χ0v) is 10.5. The van der Waals surface area contributed by atoms with Gasteiger partial charge in [-0.3, -0.25) is 0 Å². The highest BCUT2D eigenvalue weighted by atomic mass is 19.1. The van der Waals surface area contributed by atoms with Crippen molar-refractivity contribution in [2.45, 2.75) is 64.7 Å². The predicted molar refractivity (Wildman–Crippen MR) is 64.4 cm³/mol. The molecule has 94 valence electrons. The van der Waals surface area contributed by atoms with E-state index in [0.717, 1.165) is 25.7 Å². The van der Waals surface area contributed by atoms with Gasteiger partial charge in [0.25, 0.3) is 0 Å². The summed E-state index contributed by atoms with van der Waals surface area (Å²) in [7, 11) is 0. The second-order valence-corrected chi connectivity index (χ2v) is 4.88. The summed E-state index contributed by atoms with van der Waals surface area (Å²) in [6.45, 7) is 4.00. The van der Waals surface area contributed by atoms with E-state index in [-0.39, 0.29) is 11.8 Å². The lowest BCUT2D eigenvalue weighted by Gasteiger charge is -2.31. The van der Waals surface area contributed by atoms with Gasteiger partial charge in [-0.2, -0.15) is 0 Å². The van der Waals surface area contributed by atoms with Crippen LogP contribution in [0.1, 0.15) is 52.4 Å². The first-order chi connectivity index (χ1) is 7.69. The molecule has 0 aromatic rings. The van der Waals surface area contributed by atoms with Gasteiger partial charge in [-0.1, -0.05) is 26.7 Å². The number of rotatable bonds is 6. The summed E-state index contributed by atoms with van der Waals surface area (Å²) in [5.74, 6) is 0.0649. The third-order valence-electron chi connectivity index (χ3n) is 3.48. The second kappa shape index (κ2) is 7.24. The van der Waals surface area contributed by atoms with Crippen molar-refractivity contribution in [3.63, 3.8) is 0 Å². The molecule has 4 atom stereocenters. The molecule has 1 aliphatic rings. The average Bonchev–Trinajstić information content (AvgIpc) is 2.30. The van der Waals surface area contributed by atoms with Crippen LogP contribution in [-0.4, -0.2) is 12.3 Å². The van der Waals surface area contributed by atoms with E-state index in [4.69, 9.17) is 0 Å². The molecule has 4 unspecified atom stereocenters. The van der Waals surface area contributed by atoms with E-state index in [9.17, 15) is 8.78 Å². The number of alkyl halides is 2. The molecule has 1 fully saturated rings. The monoisotopic (exact) mass is 230 g/mol. The highest BCUT2D eigenvalue weighted by Crippen LogP contribution is 2.35. The summed E-state index contributed by atoms with van der Waals surface area (Å²) in [6.07, 6.45) is 7.03. The number of halogens is 2. The minimum Gasteiger partial charge on any atom is -0.247 e. The quantitative estimate of drug-likeness (QED) is 0.620. The molecule has 0 amide bonds. The van der Waals surface area contributed by atoms with Crippen molar-refractivity contribution in [3.05, 3.63) is 12.8 Å². The molecule has 0 heterocycles. The fourth-order valence-electron chi connectivity index (χ4n) is 2.43. The van der Waals surface area contributed by atoms with Gasteiger partial charge in [-0.25, -0.2) is 8.78 Å². The van der Waals surface area contributed by atoms with E-state index in [0.29, 0.717) is 12.8 Å². The Morgan fingerprint density at radius 2 is 1.31 bits per heavy atom. The Balaban J connectivity index is 2.27. The fourth-order valence-corrected chi connectivity index (χ4v) is 2.43. The van der Waals surface area contributed by atoms with Crippen LogP contribution in [0.5, 0.6) is 0 Å². The maximum atomic E-state index is 13.6. The van der Waals surface area contributed by atoms with Gasteiger partial charge >= 0.3 is 0 Å². The molecule has 1 rings (SSSR count). The summed E-state index contributed by atoms with van der Waals surface area (Å²) in [5, 5.41) is 0. The van der Waals surface area contributed by atoms with Gasteiger partial charge in [0.05, 0.1) is 0 Å². The van der Waals surface area contributed by atoms with Crippen LogP contribution in [0.4, 0.5) is 8.78 Å². The van der Waals surface area contributed by atoms with Crippen LogP contribution in [0.25, 0.3) is 0 Å². The van der Waals surface area contributed by atoms with Gasteiger partial charge < -0.3 is 0 Å². The Bertz CT molecular complexity index is 154. The van der Waals surface area contributed by atoms with Crippen LogP contribution >= 0.6 is 0 Å². The summed E-state index contributed by atoms with van der Waals surface area (Å²) in [6, 6.07) is 0. The molecular weight excluding hydrogens is 206 g/mol. The van der Waals surface area contributed by atoms with Crippen molar-refractivity contribution in [2.75, 3.05) is 0 Å². The Morgan fingerprint density at radius 1 is 0.938 bits per heavy atom. The Hall–Kier alpha value is -0.140. The lowest BCUT2D eigenvalue weighted by molar-refractivity contribution is 0.171. The molecule has 2 heteroatoms. The lowest BCUT2D eigenvalue weighted by atomic mass is 9.76. The first-order valence-corrected chi connectivity index (χ1v) is 6.63. The summed E-state index contributed by atoms with van der Waals surface area (Å²) in [5.41, 5.74) is 0. The van der Waals surface area contributed by atoms with E-state index in [2.05, 4.69) is 0 Å². The molecular formula is C14H24F2. The van der Waals surface area contributed by atoms with Gasteiger partial charge in [0.2, 0.25) is 0 Å². The Kier molecular flexibility index (Phi) is 6.30. The molecule has 0 aliphatic heterocycles. The molecule has 0 nitrogen and oxygen atoms in total. The normalized spacial score (nSPS) is 30.0. The molecule has 0 saturated heterocycles. The van der Waals surface area contributed by atoms with Crippen LogP contribution in [-0.2, 0) is 0 Å². The van der Waals surface area contributed by atoms with Crippen molar-refractivity contribution < 1.29 is 8.78 Å². The van der Waals surface area contributed by atoms with Gasteiger partial charge in [-0.15, -0.1) is 0 Å². The molecule has 0 bridgehead atoms. The van der Waals surface area contributed by atoms with Crippen LogP contribution < -0.4 is 0 Å². The van der Waals surface area contributed by atoms with E-state index < -0.39 is 12.3 Å². The number of hydrogen-bond donors (Lipinski definition) is 0. The van der Waals surface area contributed by atoms with Crippen molar-refractivity contribution in [1.82, 2.24) is 0 Å². The van der Waals surface area contributed by atoms with E-state index in [1.807, 2.05) is 26.7 Å². The molecule has 0 aromatic carbocycles. The third kappa shape index (κ3) is 4.03. The van der Waals surface area contributed by atoms with Crippen LogP contribution in [0.15, 0.2) is 0 Å². The highest BCUT2D eigenvalue weighted by molar-refractivity contribution is 4.99. The smallest absolute Gasteiger partial charge is 0.103 e. The summed E-state index contributed by atoms with van der Waals surface area (Å²) >= 11 is 0. The van der Waals surface area contributed by atoms with Gasteiger partial charge in [0.1, 0.15) is 12.3 Å². The topological polar surface area (TPSA) is 0 Å². The Labute approximate surface area is 98.8 Å². The SMILES string of the molecule is CCCC(F)C1[CH]CC(C(F)CCC)[CH]C1. The van der Waals surface area contributed by atoms with Gasteiger partial charge in [0, 0.05) is 0 Å². The lowest BCUT2D eigenvalue weighted by Crippen LogP contribution is -2.28. The third-order valence-corrected chi connectivity index (χ3v) is 3.48. The van der Waals surface area contributed by atoms with E-state index in [1.54, 1.807) is 0 Å². The summed E-state index contributed by atoms with van der Waals surface area (Å²) in [4.78, 5) is 0. The maximum Gasteiger partial charge on any atom is 0.103 e. The average molecular weight is 230 g/mol. The zero-order valence-electron chi connectivity index (χ0n) is 10.5. The van der Waals surface area contributed by atoms with Crippen molar-refractivity contribution in [2.24, 2.45) is 11.8 Å². The van der Waals surface area contributed by atoms with Crippen LogP contribution in [0, 0.1) is 24.7 Å². The van der Waals surface area contributed by atoms with E-state index >= 15 is 0 Å². The van der Waals surface area contributed by atoms with Gasteiger partial charge in [0.15, 0.2) is 0 Å². The van der Waals surface area contributed by atoms with E-state index in [1.165, 1.54) is 0 Å².